The average molecular weight is 725 g/mol. The molecule has 1 aliphatic rings. The lowest BCUT2D eigenvalue weighted by molar-refractivity contribution is -0.384. The average Bonchev–Trinajstić information content (AvgIpc) is 3.14. The molecule has 51 heavy (non-hydrogen) atoms. The number of thioether (sulfide) groups is 1. The van der Waals surface area contributed by atoms with Gasteiger partial charge in [0.1, 0.15) is 11.4 Å². The molecule has 262 valence electrons. The molecule has 1 fully saturated rings. The van der Waals surface area contributed by atoms with Crippen molar-refractivity contribution in [3.05, 3.63) is 137 Å². The fourth-order valence-corrected chi connectivity index (χ4v) is 7.62. The van der Waals surface area contributed by atoms with Gasteiger partial charge in [-0.25, -0.2) is 13.1 Å². The van der Waals surface area contributed by atoms with Gasteiger partial charge in [0.15, 0.2) is 0 Å². The van der Waals surface area contributed by atoms with Gasteiger partial charge in [0.25, 0.3) is 21.6 Å². The van der Waals surface area contributed by atoms with E-state index < -0.39 is 26.5 Å². The van der Waals surface area contributed by atoms with Crippen LogP contribution in [0.1, 0.15) is 15.9 Å². The van der Waals surface area contributed by atoms with Crippen molar-refractivity contribution in [2.75, 3.05) is 48.7 Å². The molecule has 4 aromatic carbocycles. The maximum absolute atomic E-state index is 13.1. The minimum absolute atomic E-state index is 0.121. The van der Waals surface area contributed by atoms with Crippen molar-refractivity contribution in [1.29, 1.82) is 0 Å². The number of rotatable bonds is 13. The molecule has 0 aliphatic carbocycles. The van der Waals surface area contributed by atoms with E-state index in [1.807, 2.05) is 53.3 Å². The Morgan fingerprint density at radius 2 is 1.63 bits per heavy atom. The van der Waals surface area contributed by atoms with Crippen LogP contribution >= 0.6 is 11.8 Å². The molecule has 14 heteroatoms. The summed E-state index contributed by atoms with van der Waals surface area (Å²) in [6.07, 6.45) is 3.15. The first-order chi connectivity index (χ1) is 24.7. The standard InChI is InChI=1S/C37H36N6O6S2/c44-31-22-29(24-38-25-31)34-9-5-4-6-28(34)26-41-17-19-42(20-18-41)30-12-10-27(11-13-30)37(45)40-51(48,49)33-14-15-35(36(23-33)43(46)47)39-16-21-50-32-7-2-1-3-8-32/h1-15,22-25,39,44H,16-21,26H2,(H,40,45). The molecular formula is C37H36N6O6S2. The summed E-state index contributed by atoms with van der Waals surface area (Å²) in [5.41, 5.74) is 3.85. The van der Waals surface area contributed by atoms with E-state index >= 15 is 0 Å². The third-order valence-corrected chi connectivity index (χ3v) is 10.8. The Labute approximate surface area is 300 Å². The number of carbonyl (C=O) groups excluding carboxylic acids is 1. The number of carbonyl (C=O) groups is 1. The van der Waals surface area contributed by atoms with Gasteiger partial charge in [0.2, 0.25) is 0 Å². The number of pyridine rings is 1. The van der Waals surface area contributed by atoms with Gasteiger partial charge in [0.05, 0.1) is 16.0 Å². The zero-order valence-electron chi connectivity index (χ0n) is 27.5. The molecule has 0 bridgehead atoms. The topological polar surface area (TPSA) is 158 Å². The fourth-order valence-electron chi connectivity index (χ4n) is 5.83. The van der Waals surface area contributed by atoms with Crippen LogP contribution in [0.15, 0.2) is 125 Å². The third-order valence-electron chi connectivity index (χ3n) is 8.45. The number of hydrogen-bond donors (Lipinski definition) is 3. The van der Waals surface area contributed by atoms with Crippen LogP contribution in [0.5, 0.6) is 5.75 Å². The number of nitro benzene ring substituents is 1. The number of aromatic nitrogens is 1. The molecule has 0 atom stereocenters. The molecule has 0 unspecified atom stereocenters. The van der Waals surface area contributed by atoms with Crippen LogP contribution in [0.4, 0.5) is 17.1 Å². The SMILES string of the molecule is O=C(NS(=O)(=O)c1ccc(NCCSc2ccccc2)c([N+](=O)[O-])c1)c1ccc(N2CCN(Cc3ccccc3-c3cncc(O)c3)CC2)cc1. The molecule has 0 spiro atoms. The monoisotopic (exact) mass is 724 g/mol. The number of aromatic hydroxyl groups is 1. The molecule has 0 radical (unpaired) electrons. The van der Waals surface area contributed by atoms with Gasteiger partial charge in [-0.05, 0) is 65.7 Å². The van der Waals surface area contributed by atoms with Crippen LogP contribution in [0.3, 0.4) is 0 Å². The van der Waals surface area contributed by atoms with Gasteiger partial charge in [0, 0.05) is 79.0 Å². The minimum atomic E-state index is -4.39. The summed E-state index contributed by atoms with van der Waals surface area (Å²) < 4.78 is 28.3. The van der Waals surface area contributed by atoms with Crippen molar-refractivity contribution in [2.45, 2.75) is 16.3 Å². The Balaban J connectivity index is 1.03. The zero-order valence-corrected chi connectivity index (χ0v) is 29.1. The van der Waals surface area contributed by atoms with Crippen molar-refractivity contribution >= 4 is 44.8 Å². The first-order valence-electron chi connectivity index (χ1n) is 16.2. The lowest BCUT2D eigenvalue weighted by Crippen LogP contribution is -2.46. The number of nitrogens with one attached hydrogen (secondary N) is 2. The highest BCUT2D eigenvalue weighted by Crippen LogP contribution is 2.29. The summed E-state index contributed by atoms with van der Waals surface area (Å²) in [6.45, 7) is 4.28. The number of nitro groups is 1. The van der Waals surface area contributed by atoms with Gasteiger partial charge in [-0.15, -0.1) is 11.8 Å². The van der Waals surface area contributed by atoms with Crippen LogP contribution in [0.25, 0.3) is 11.1 Å². The Kier molecular flexibility index (Phi) is 11.1. The Morgan fingerprint density at radius 1 is 0.902 bits per heavy atom. The number of nitrogens with zero attached hydrogens (tertiary/aromatic N) is 4. The van der Waals surface area contributed by atoms with Crippen LogP contribution in [-0.4, -0.2) is 72.7 Å². The Hall–Kier alpha value is -5.44. The fraction of sp³-hybridized carbons (Fsp3) is 0.189. The lowest BCUT2D eigenvalue weighted by Gasteiger charge is -2.36. The van der Waals surface area contributed by atoms with Crippen molar-refractivity contribution in [3.63, 3.8) is 0 Å². The van der Waals surface area contributed by atoms with Crippen LogP contribution in [0, 0.1) is 10.1 Å². The van der Waals surface area contributed by atoms with E-state index in [2.05, 4.69) is 26.2 Å². The summed E-state index contributed by atoms with van der Waals surface area (Å²) in [5.74, 6) is -0.0764. The molecule has 12 nitrogen and oxygen atoms in total. The maximum atomic E-state index is 13.1. The second-order valence-electron chi connectivity index (χ2n) is 11.9. The summed E-state index contributed by atoms with van der Waals surface area (Å²) >= 11 is 1.59. The molecule has 5 aromatic rings. The number of amides is 1. The van der Waals surface area contributed by atoms with Crippen molar-refractivity contribution in [3.8, 4) is 16.9 Å². The van der Waals surface area contributed by atoms with Gasteiger partial charge < -0.3 is 15.3 Å². The number of hydrogen-bond acceptors (Lipinski definition) is 11. The van der Waals surface area contributed by atoms with Crippen molar-refractivity contribution in [1.82, 2.24) is 14.6 Å². The molecule has 3 N–H and O–H groups in total. The van der Waals surface area contributed by atoms with Gasteiger partial charge >= 0.3 is 0 Å². The molecule has 6 rings (SSSR count). The molecule has 1 amide bonds. The van der Waals surface area contributed by atoms with E-state index in [0.717, 1.165) is 66.1 Å². The van der Waals surface area contributed by atoms with E-state index in [1.54, 1.807) is 48.3 Å². The van der Waals surface area contributed by atoms with E-state index in [4.69, 9.17) is 0 Å². The number of benzene rings is 4. The van der Waals surface area contributed by atoms with Crippen LogP contribution in [0.2, 0.25) is 0 Å². The van der Waals surface area contributed by atoms with Crippen LogP contribution in [-0.2, 0) is 16.6 Å². The minimum Gasteiger partial charge on any atom is -0.506 e. The second-order valence-corrected chi connectivity index (χ2v) is 14.7. The molecule has 1 aliphatic heterocycles. The van der Waals surface area contributed by atoms with Gasteiger partial charge in [-0.1, -0.05) is 42.5 Å². The lowest BCUT2D eigenvalue weighted by atomic mass is 10.0. The molecule has 1 aromatic heterocycles. The van der Waals surface area contributed by atoms with Gasteiger partial charge in [-0.3, -0.25) is 24.8 Å². The van der Waals surface area contributed by atoms with E-state index in [9.17, 15) is 28.4 Å². The highest BCUT2D eigenvalue weighted by atomic mass is 32.2. The largest absolute Gasteiger partial charge is 0.506 e. The predicted molar refractivity (Wildman–Crippen MR) is 199 cm³/mol. The third kappa shape index (κ3) is 9.03. The molecule has 1 saturated heterocycles. The second kappa shape index (κ2) is 16.1. The number of sulfonamides is 1. The summed E-state index contributed by atoms with van der Waals surface area (Å²) in [7, 11) is -4.39. The summed E-state index contributed by atoms with van der Waals surface area (Å²) in [4.78, 5) is 33.5. The first kappa shape index (κ1) is 35.4. The molecular weight excluding hydrogens is 689 g/mol. The number of piperazine rings is 1. The highest BCUT2D eigenvalue weighted by molar-refractivity contribution is 7.99. The Morgan fingerprint density at radius 3 is 2.35 bits per heavy atom. The quantitative estimate of drug-likeness (QED) is 0.0566. The van der Waals surface area contributed by atoms with Crippen LogP contribution < -0.4 is 14.9 Å². The van der Waals surface area contributed by atoms with E-state index in [1.165, 1.54) is 18.3 Å². The van der Waals surface area contributed by atoms with Crippen molar-refractivity contribution in [2.24, 2.45) is 0 Å². The summed E-state index contributed by atoms with van der Waals surface area (Å²) in [6, 6.07) is 29.7. The van der Waals surface area contributed by atoms with E-state index in [-0.39, 0.29) is 21.9 Å². The number of anilines is 2. The normalized spacial score (nSPS) is 13.5. The van der Waals surface area contributed by atoms with E-state index in [0.29, 0.717) is 12.3 Å². The first-order valence-corrected chi connectivity index (χ1v) is 18.7. The zero-order chi connectivity index (χ0) is 35.8. The van der Waals surface area contributed by atoms with Crippen molar-refractivity contribution < 1.29 is 23.2 Å². The highest BCUT2D eigenvalue weighted by Gasteiger charge is 2.24. The summed E-state index contributed by atoms with van der Waals surface area (Å²) in [5, 5.41) is 24.7. The molecule has 0 saturated carbocycles. The molecule has 2 heterocycles. The smallest absolute Gasteiger partial charge is 0.293 e. The predicted octanol–water partition coefficient (Wildman–Crippen LogP) is 6.01. The van der Waals surface area contributed by atoms with Gasteiger partial charge in [-0.2, -0.15) is 0 Å². The Bertz CT molecular complexity index is 2110. The maximum Gasteiger partial charge on any atom is 0.293 e.